The molecule has 0 aromatic heterocycles. The van der Waals surface area contributed by atoms with Crippen LogP contribution in [0.15, 0.2) is 6.08 Å². The third-order valence-electron chi connectivity index (χ3n) is 5.94. The second kappa shape index (κ2) is 27.8. The van der Waals surface area contributed by atoms with Crippen molar-refractivity contribution in [1.29, 1.82) is 0 Å². The minimum Gasteiger partial charge on any atom is -0.518 e. The number of unbranched alkanes of at least 4 members (excludes halogenated alkanes) is 3. The van der Waals surface area contributed by atoms with Crippen molar-refractivity contribution < 1.29 is 64.6 Å². The molecule has 2 rings (SSSR count). The predicted molar refractivity (Wildman–Crippen MR) is 134 cm³/mol. The van der Waals surface area contributed by atoms with Crippen LogP contribution in [0.4, 0.5) is 0 Å². The molecule has 1 N–H and O–H groups in total. The zero-order chi connectivity index (χ0) is 26.9. The van der Waals surface area contributed by atoms with Crippen LogP contribution >= 0.6 is 0 Å². The first kappa shape index (κ1) is 42.8. The summed E-state index contributed by atoms with van der Waals surface area (Å²) < 4.78 is 39.9. The Balaban J connectivity index is -0.000000184. The molecule has 0 aliphatic heterocycles. The Labute approximate surface area is 239 Å². The molecule has 0 aromatic rings. The summed E-state index contributed by atoms with van der Waals surface area (Å²) in [5.41, 5.74) is 0. The van der Waals surface area contributed by atoms with Crippen molar-refractivity contribution in [1.82, 2.24) is 0 Å². The van der Waals surface area contributed by atoms with Gasteiger partial charge in [-0.15, -0.1) is 10.2 Å². The average Bonchev–Trinajstić information content (AvgIpc) is 3.47. The van der Waals surface area contributed by atoms with Gasteiger partial charge in [0.1, 0.15) is 12.8 Å². The Bertz CT molecular complexity index is 390. The molecular weight excluding hydrogens is 563 g/mol. The molecule has 0 saturated heterocycles. The molecule has 0 bridgehead atoms. The van der Waals surface area contributed by atoms with Crippen molar-refractivity contribution >= 4 is 8.32 Å². The summed E-state index contributed by atoms with van der Waals surface area (Å²) in [5, 5.41) is 8.84. The van der Waals surface area contributed by atoms with E-state index in [9.17, 15) is 0 Å². The largest absolute Gasteiger partial charge is 0.518 e. The summed E-state index contributed by atoms with van der Waals surface area (Å²) in [5.74, 6) is 0. The van der Waals surface area contributed by atoms with E-state index in [-0.39, 0.29) is 37.8 Å². The average molecular weight is 617 g/mol. The van der Waals surface area contributed by atoms with E-state index in [1.807, 2.05) is 6.42 Å². The first-order valence-electron chi connectivity index (χ1n) is 12.9. The molecule has 2 aliphatic carbocycles. The second-order valence-corrected chi connectivity index (χ2v) is 15.7. The molecule has 2 fully saturated rings. The van der Waals surface area contributed by atoms with E-state index in [1.54, 1.807) is 6.08 Å². The van der Waals surface area contributed by atoms with Gasteiger partial charge in [0.2, 0.25) is 0 Å². The smallest absolute Gasteiger partial charge is 0.192 e. The number of aliphatic hydroxyl groups is 1. The minimum absolute atomic E-state index is 0. The summed E-state index contributed by atoms with van der Waals surface area (Å²) in [7, 11) is -6.50. The van der Waals surface area contributed by atoms with Crippen LogP contribution in [-0.2, 0) is 30.6 Å². The Kier molecular flexibility index (Phi) is 34.0. The summed E-state index contributed by atoms with van der Waals surface area (Å²) in [6.45, 7) is 19.3. The molecule has 0 unspecified atom stereocenters. The monoisotopic (exact) mass is 615 g/mol. The molecule has 2 aliphatic rings. The van der Waals surface area contributed by atoms with Crippen molar-refractivity contribution in [2.45, 2.75) is 136 Å². The Morgan fingerprint density at radius 3 is 1.46 bits per heavy atom. The van der Waals surface area contributed by atoms with Gasteiger partial charge < -0.3 is 16.1 Å². The minimum atomic E-state index is -4.94. The third kappa shape index (κ3) is 42.1. The van der Waals surface area contributed by atoms with Crippen LogP contribution in [0, 0.1) is 23.2 Å². The van der Waals surface area contributed by atoms with E-state index >= 15 is 0 Å². The van der Waals surface area contributed by atoms with Crippen LogP contribution in [-0.4, -0.2) is 26.6 Å². The van der Waals surface area contributed by atoms with Gasteiger partial charge in [-0.3, -0.25) is 6.08 Å². The molecule has 2 saturated carbocycles. The van der Waals surface area contributed by atoms with E-state index in [4.69, 9.17) is 34.7 Å². The molecule has 35 heavy (non-hydrogen) atoms. The molecule has 0 spiro atoms. The van der Waals surface area contributed by atoms with E-state index in [0.717, 1.165) is 19.4 Å². The zero-order valence-electron chi connectivity index (χ0n) is 23.4. The molecule has 9 heteroatoms. The van der Waals surface area contributed by atoms with E-state index < -0.39 is 18.6 Å². The second-order valence-electron chi connectivity index (χ2n) is 10.2. The van der Waals surface area contributed by atoms with Crippen LogP contribution in [0.2, 0.25) is 18.1 Å². The van der Waals surface area contributed by atoms with Gasteiger partial charge in [0.25, 0.3) is 0 Å². The van der Waals surface area contributed by atoms with Crippen molar-refractivity contribution in [2.75, 3.05) is 13.2 Å². The van der Waals surface area contributed by atoms with Gasteiger partial charge in [0.15, 0.2) is 14.9 Å². The van der Waals surface area contributed by atoms with E-state index in [1.165, 1.54) is 77.0 Å². The van der Waals surface area contributed by atoms with Gasteiger partial charge in [0.05, 0.1) is 6.61 Å². The van der Waals surface area contributed by atoms with Crippen molar-refractivity contribution in [3.05, 3.63) is 19.1 Å². The predicted octanol–water partition coefficient (Wildman–Crippen LogP) is 3.90. The SMILES string of the molecule is C1CCCC1.C1CCCC1.CC(C)(C)[Si](C)(C)OCC[CH+]CO.[CH-]=CCCCC.[O-][Cl+3]([O-])([O-])[O-].[Zr]. The normalized spacial score (nSPS) is 14.8. The van der Waals surface area contributed by atoms with Gasteiger partial charge in [0, 0.05) is 26.2 Å². The quantitative estimate of drug-likeness (QED) is 0.251. The van der Waals surface area contributed by atoms with Crippen molar-refractivity contribution in [3.8, 4) is 0 Å². The Morgan fingerprint density at radius 2 is 1.26 bits per heavy atom. The molecule has 0 amide bonds. The Morgan fingerprint density at radius 1 is 0.914 bits per heavy atom. The molecule has 6 nitrogen and oxygen atoms in total. The maximum Gasteiger partial charge on any atom is 0.192 e. The molecular formula is C26H54ClO6SiZr-. The number of hydrogen-bond acceptors (Lipinski definition) is 6. The number of hydrogen-bond donors (Lipinski definition) is 1. The van der Waals surface area contributed by atoms with Crippen LogP contribution in [0.3, 0.4) is 0 Å². The fraction of sp³-hybridized carbons (Fsp3) is 0.885. The number of allylic oxidation sites excluding steroid dienone is 1. The Hall–Kier alpha value is 0.760. The fourth-order valence-corrected chi connectivity index (χ4v) is 3.86. The van der Waals surface area contributed by atoms with Crippen molar-refractivity contribution in [2.24, 2.45) is 0 Å². The van der Waals surface area contributed by atoms with E-state index in [2.05, 4.69) is 40.8 Å². The van der Waals surface area contributed by atoms with Crippen LogP contribution in [0.5, 0.6) is 0 Å². The molecule has 0 atom stereocenters. The molecule has 0 heterocycles. The zero-order valence-corrected chi connectivity index (χ0v) is 27.6. The fourth-order valence-electron chi connectivity index (χ4n) is 2.79. The van der Waals surface area contributed by atoms with Gasteiger partial charge in [-0.25, -0.2) is 18.6 Å². The summed E-state index contributed by atoms with van der Waals surface area (Å²) in [4.78, 5) is 0. The van der Waals surface area contributed by atoms with Gasteiger partial charge >= 0.3 is 0 Å². The number of halogens is 1. The third-order valence-corrected chi connectivity index (χ3v) is 10.5. The van der Waals surface area contributed by atoms with Crippen LogP contribution in [0.25, 0.3) is 0 Å². The molecule has 0 radical (unpaired) electrons. The topological polar surface area (TPSA) is 122 Å². The maximum absolute atomic E-state index is 8.56. The van der Waals surface area contributed by atoms with Gasteiger partial charge in [-0.05, 0) is 18.1 Å². The van der Waals surface area contributed by atoms with E-state index in [0.29, 0.717) is 0 Å². The van der Waals surface area contributed by atoms with Crippen molar-refractivity contribution in [3.63, 3.8) is 0 Å². The number of rotatable bonds is 8. The first-order valence-corrected chi connectivity index (χ1v) is 17.1. The van der Waals surface area contributed by atoms with Crippen LogP contribution in [0.1, 0.15) is 118 Å². The van der Waals surface area contributed by atoms with Crippen LogP contribution < -0.4 is 18.6 Å². The van der Waals surface area contributed by atoms with Gasteiger partial charge in [-0.1, -0.05) is 111 Å². The number of aliphatic hydroxyl groups excluding tert-OH is 1. The first-order chi connectivity index (χ1) is 15.7. The molecule has 0 aromatic carbocycles. The standard InChI is InChI=1S/C10H23O2Si.C6H11.2C5H10.ClHO4.Zr/c1-10(2,3)13(4,5)12-9-7-6-8-11;1-3-5-6-4-2;2*1-2-4-5-3-1;2-1(3,4)5;/h6,11H,7-9H2,1-5H3;1,3H,4-6H2,2H3;2*1-5H2;(H,2,3,4,5);/q+1;-1;;;;/p-1. The van der Waals surface area contributed by atoms with Gasteiger partial charge in [-0.2, -0.15) is 0 Å². The summed E-state index contributed by atoms with van der Waals surface area (Å²) in [6, 6.07) is 0. The maximum atomic E-state index is 8.56. The molecule has 210 valence electrons. The summed E-state index contributed by atoms with van der Waals surface area (Å²) >= 11 is 0. The summed E-state index contributed by atoms with van der Waals surface area (Å²) in [6.07, 6.45) is 22.9.